The summed E-state index contributed by atoms with van der Waals surface area (Å²) in [6, 6.07) is 0. The van der Waals surface area contributed by atoms with E-state index in [1.807, 2.05) is 0 Å². The van der Waals surface area contributed by atoms with Crippen LogP contribution in [-0.2, 0) is 0 Å². The Morgan fingerprint density at radius 2 is 0.455 bits per heavy atom. The standard InChI is InChI=1S/2C3H8.5CH4/c2*1-3-2;;;;;/h2*3H2,1-2H3;5*1H4. The minimum atomic E-state index is 0. The van der Waals surface area contributed by atoms with Crippen LogP contribution in [0.5, 0.6) is 0 Å². The van der Waals surface area contributed by atoms with Crippen LogP contribution in [0, 0.1) is 0 Å². The van der Waals surface area contributed by atoms with Gasteiger partial charge < -0.3 is 0 Å². The smallest absolute Gasteiger partial charge is 0.0590 e. The van der Waals surface area contributed by atoms with E-state index >= 15 is 0 Å². The van der Waals surface area contributed by atoms with Crippen molar-refractivity contribution in [1.82, 2.24) is 0 Å². The maximum absolute atomic E-state index is 2.12. The summed E-state index contributed by atoms with van der Waals surface area (Å²) in [5.74, 6) is 0. The molecule has 0 heteroatoms. The second-order valence-corrected chi connectivity index (χ2v) is 1.41. The fourth-order valence-electron chi connectivity index (χ4n) is 0. The second kappa shape index (κ2) is 202. The van der Waals surface area contributed by atoms with E-state index in [0.717, 1.165) is 0 Å². The highest BCUT2D eigenvalue weighted by Crippen LogP contribution is 1.56. The van der Waals surface area contributed by atoms with Crippen LogP contribution in [-0.4, -0.2) is 0 Å². The van der Waals surface area contributed by atoms with Crippen molar-refractivity contribution in [2.24, 2.45) is 0 Å². The molecule has 0 amide bonds. The lowest BCUT2D eigenvalue weighted by atomic mass is 10.6. The van der Waals surface area contributed by atoms with Crippen LogP contribution in [0.2, 0.25) is 0 Å². The molecular weight excluding hydrogens is 132 g/mol. The first-order chi connectivity index (χ1) is 2.83. The molecule has 0 N–H and O–H groups in total. The zero-order valence-electron chi connectivity index (χ0n) is 5.41. The van der Waals surface area contributed by atoms with E-state index in [4.69, 9.17) is 0 Å². The molecule has 0 atom stereocenters. The Labute approximate surface area is 78.4 Å². The number of rotatable bonds is 0. The summed E-state index contributed by atoms with van der Waals surface area (Å²) in [6.07, 6.45) is 2.50. The summed E-state index contributed by atoms with van der Waals surface area (Å²) in [7, 11) is 0. The van der Waals surface area contributed by atoms with Gasteiger partial charge in [-0.2, -0.15) is 0 Å². The molecule has 0 fully saturated rings. The SMILES string of the molecule is C.C.C.C.C.CCC.CCC. The van der Waals surface area contributed by atoms with Crippen LogP contribution in [0.25, 0.3) is 0 Å². The van der Waals surface area contributed by atoms with Crippen molar-refractivity contribution in [2.45, 2.75) is 77.7 Å². The minimum absolute atomic E-state index is 0. The first-order valence-electron chi connectivity index (χ1n) is 2.83. The lowest BCUT2D eigenvalue weighted by Gasteiger charge is -1.48. The molecule has 0 aromatic carbocycles. The molecule has 0 bridgehead atoms. The Balaban J connectivity index is -0.00000000400. The van der Waals surface area contributed by atoms with Gasteiger partial charge >= 0.3 is 0 Å². The third-order valence-corrected chi connectivity index (χ3v) is 0. The zero-order chi connectivity index (χ0) is 5.41. The van der Waals surface area contributed by atoms with Crippen molar-refractivity contribution in [3.8, 4) is 0 Å². The Morgan fingerprint density at radius 3 is 0.455 bits per heavy atom. The molecule has 0 heterocycles. The molecule has 0 aliphatic rings. The Hall–Kier alpha value is 0. The fourth-order valence-corrected chi connectivity index (χ4v) is 0. The van der Waals surface area contributed by atoms with E-state index in [9.17, 15) is 0 Å². The van der Waals surface area contributed by atoms with Gasteiger partial charge in [-0.15, -0.1) is 0 Å². The quantitative estimate of drug-likeness (QED) is 0.415. The molecule has 0 aromatic heterocycles. The molecule has 0 aliphatic heterocycles. The minimum Gasteiger partial charge on any atom is -0.0776 e. The normalized spacial score (nSPS) is 3.27. The lowest BCUT2D eigenvalue weighted by Crippen LogP contribution is -1.27. The van der Waals surface area contributed by atoms with Crippen molar-refractivity contribution >= 4 is 0 Å². The Kier molecular flexibility index (Phi) is 1270. The van der Waals surface area contributed by atoms with Gasteiger partial charge in [0.25, 0.3) is 0 Å². The summed E-state index contributed by atoms with van der Waals surface area (Å²) in [5.41, 5.74) is 0. The summed E-state index contributed by atoms with van der Waals surface area (Å²) < 4.78 is 0. The molecule has 0 spiro atoms. The average molecular weight is 168 g/mol. The average Bonchev–Trinajstić information content (AvgIpc) is 1.39. The Bertz CT molecular complexity index is 2.00. The van der Waals surface area contributed by atoms with Gasteiger partial charge in [-0.3, -0.25) is 0 Å². The van der Waals surface area contributed by atoms with E-state index in [2.05, 4.69) is 27.7 Å². The van der Waals surface area contributed by atoms with Crippen LogP contribution in [0.15, 0.2) is 0 Å². The highest BCUT2D eigenvalue weighted by Gasteiger charge is 1.36. The maximum Gasteiger partial charge on any atom is -0.0590 e. The third-order valence-electron chi connectivity index (χ3n) is 0. The topological polar surface area (TPSA) is 0 Å². The molecule has 0 aliphatic carbocycles. The van der Waals surface area contributed by atoms with Crippen LogP contribution in [0.1, 0.15) is 77.7 Å². The van der Waals surface area contributed by atoms with Gasteiger partial charge in [-0.1, -0.05) is 77.7 Å². The highest BCUT2D eigenvalue weighted by atomic mass is 13.4. The fraction of sp³-hybridized carbons (Fsp3) is 1.00. The molecule has 0 unspecified atom stereocenters. The van der Waals surface area contributed by atoms with E-state index < -0.39 is 0 Å². The molecule has 11 heavy (non-hydrogen) atoms. The lowest BCUT2D eigenvalue weighted by molar-refractivity contribution is 1.09. The predicted molar refractivity (Wildman–Crippen MR) is 65.6 cm³/mol. The van der Waals surface area contributed by atoms with Crippen molar-refractivity contribution in [3.05, 3.63) is 0 Å². The molecule has 0 aromatic rings. The van der Waals surface area contributed by atoms with Crippen molar-refractivity contribution < 1.29 is 0 Å². The summed E-state index contributed by atoms with van der Waals surface area (Å²) in [6.45, 7) is 8.50. The number of hydrogen-bond acceptors (Lipinski definition) is 0. The summed E-state index contributed by atoms with van der Waals surface area (Å²) >= 11 is 0. The molecule has 0 saturated carbocycles. The van der Waals surface area contributed by atoms with Crippen LogP contribution >= 0.6 is 0 Å². The van der Waals surface area contributed by atoms with Gasteiger partial charge in [0.2, 0.25) is 0 Å². The summed E-state index contributed by atoms with van der Waals surface area (Å²) in [5, 5.41) is 0. The van der Waals surface area contributed by atoms with Gasteiger partial charge in [0.05, 0.1) is 0 Å². The van der Waals surface area contributed by atoms with Gasteiger partial charge in [0.1, 0.15) is 0 Å². The van der Waals surface area contributed by atoms with Gasteiger partial charge in [-0.25, -0.2) is 0 Å². The van der Waals surface area contributed by atoms with Crippen molar-refractivity contribution in [2.75, 3.05) is 0 Å². The van der Waals surface area contributed by atoms with E-state index in [0.29, 0.717) is 0 Å². The molecule has 80 valence electrons. The van der Waals surface area contributed by atoms with E-state index in [-0.39, 0.29) is 37.1 Å². The van der Waals surface area contributed by atoms with E-state index in [1.165, 1.54) is 12.8 Å². The number of hydrogen-bond donors (Lipinski definition) is 0. The second-order valence-electron chi connectivity index (χ2n) is 1.41. The third kappa shape index (κ3) is 0. The monoisotopic (exact) mass is 168 g/mol. The molecule has 0 nitrogen and oxygen atoms in total. The molecular formula is C11H36. The van der Waals surface area contributed by atoms with Gasteiger partial charge in [0.15, 0.2) is 0 Å². The molecule has 0 rings (SSSR count). The van der Waals surface area contributed by atoms with Gasteiger partial charge in [0, 0.05) is 0 Å². The largest absolute Gasteiger partial charge is 0.0776 e. The maximum atomic E-state index is 2.12. The zero-order valence-corrected chi connectivity index (χ0v) is 5.41. The van der Waals surface area contributed by atoms with Crippen molar-refractivity contribution in [3.63, 3.8) is 0 Å². The first kappa shape index (κ1) is 68.8. The molecule has 0 radical (unpaired) electrons. The highest BCUT2D eigenvalue weighted by molar-refractivity contribution is 3.92. The first-order valence-corrected chi connectivity index (χ1v) is 2.83. The predicted octanol–water partition coefficient (Wildman–Crippen LogP) is 6.01. The van der Waals surface area contributed by atoms with Crippen LogP contribution in [0.4, 0.5) is 0 Å². The molecule has 0 saturated heterocycles. The van der Waals surface area contributed by atoms with Gasteiger partial charge in [-0.05, 0) is 0 Å². The summed E-state index contributed by atoms with van der Waals surface area (Å²) in [4.78, 5) is 0. The van der Waals surface area contributed by atoms with Crippen LogP contribution in [0.3, 0.4) is 0 Å². The van der Waals surface area contributed by atoms with E-state index in [1.54, 1.807) is 0 Å². The van der Waals surface area contributed by atoms with Crippen molar-refractivity contribution in [1.29, 1.82) is 0 Å². The Morgan fingerprint density at radius 1 is 0.455 bits per heavy atom. The van der Waals surface area contributed by atoms with Crippen LogP contribution < -0.4 is 0 Å².